The van der Waals surface area contributed by atoms with Crippen molar-refractivity contribution in [3.63, 3.8) is 0 Å². The van der Waals surface area contributed by atoms with Crippen molar-refractivity contribution >= 4 is 82.0 Å². The summed E-state index contributed by atoms with van der Waals surface area (Å²) in [7, 11) is -4.18. The van der Waals surface area contributed by atoms with Crippen molar-refractivity contribution in [3.8, 4) is 22.3 Å². The molecule has 0 saturated carbocycles. The Morgan fingerprint density at radius 3 is 1.48 bits per heavy atom. The molecule has 1 radical (unpaired) electrons. The Morgan fingerprint density at radius 2 is 0.828 bits per heavy atom. The second kappa shape index (κ2) is 14.5. The van der Waals surface area contributed by atoms with Crippen molar-refractivity contribution < 1.29 is 0 Å². The van der Waals surface area contributed by atoms with E-state index in [-0.39, 0.29) is 0 Å². The van der Waals surface area contributed by atoms with Gasteiger partial charge in [-0.15, -0.1) is 0 Å². The van der Waals surface area contributed by atoms with Gasteiger partial charge in [-0.05, 0) is 96.7 Å². The molecule has 0 atom stereocenters. The predicted octanol–water partition coefficient (Wildman–Crippen LogP) is 9.16. The fourth-order valence-electron chi connectivity index (χ4n) is 9.44. The van der Waals surface area contributed by atoms with Gasteiger partial charge in [-0.25, -0.2) is 0 Å². The molecule has 0 saturated heterocycles. The summed E-state index contributed by atoms with van der Waals surface area (Å²) in [6, 6.07) is 86.4. The van der Waals surface area contributed by atoms with Crippen LogP contribution in [0.5, 0.6) is 0 Å². The molecule has 58 heavy (non-hydrogen) atoms. The molecular weight excluding hydrogens is 751 g/mol. The average Bonchev–Trinajstić information content (AvgIpc) is 3.30. The molecular formula is C54H38NSSi2. The highest BCUT2D eigenvalue weighted by atomic mass is 32.2. The highest BCUT2D eigenvalue weighted by Crippen LogP contribution is 2.41. The van der Waals surface area contributed by atoms with Gasteiger partial charge in [0.15, 0.2) is 16.9 Å². The van der Waals surface area contributed by atoms with E-state index in [2.05, 4.69) is 235 Å². The fourth-order valence-corrected chi connectivity index (χ4v) is 21.1. The van der Waals surface area contributed by atoms with Crippen LogP contribution in [0, 0.1) is 0 Å². The number of rotatable bonds is 6. The third kappa shape index (κ3) is 5.59. The van der Waals surface area contributed by atoms with E-state index in [1.807, 2.05) is 11.8 Å². The third-order valence-electron chi connectivity index (χ3n) is 11.8. The van der Waals surface area contributed by atoms with Crippen molar-refractivity contribution in [3.05, 3.63) is 231 Å². The zero-order chi connectivity index (χ0) is 38.5. The molecule has 0 unspecified atom stereocenters. The van der Waals surface area contributed by atoms with Crippen LogP contribution in [0.4, 0.5) is 17.1 Å². The average molecular weight is 789 g/mol. The van der Waals surface area contributed by atoms with Gasteiger partial charge in [0.25, 0.3) is 0 Å². The molecule has 0 amide bonds. The van der Waals surface area contributed by atoms with Gasteiger partial charge in [0.2, 0.25) is 0 Å². The minimum atomic E-state index is -2.76. The van der Waals surface area contributed by atoms with Gasteiger partial charge in [0, 0.05) is 26.9 Å². The Morgan fingerprint density at radius 1 is 0.345 bits per heavy atom. The van der Waals surface area contributed by atoms with Crippen LogP contribution in [0.1, 0.15) is 0 Å². The minimum absolute atomic E-state index is 1.13. The second-order valence-electron chi connectivity index (χ2n) is 15.0. The number of fused-ring (bicyclic) bond motifs is 8. The lowest BCUT2D eigenvalue weighted by atomic mass is 9.93. The number of hydrogen-bond donors (Lipinski definition) is 0. The van der Waals surface area contributed by atoms with Gasteiger partial charge >= 0.3 is 0 Å². The van der Waals surface area contributed by atoms with E-state index in [1.54, 1.807) is 0 Å². The lowest BCUT2D eigenvalue weighted by molar-refractivity contribution is 1.29. The summed E-state index contributed by atoms with van der Waals surface area (Å²) in [5, 5.41) is 10.5. The molecule has 1 nitrogen and oxygen atoms in total. The highest BCUT2D eigenvalue weighted by molar-refractivity contribution is 8.00. The number of anilines is 3. The summed E-state index contributed by atoms with van der Waals surface area (Å²) in [4.78, 5) is 5.23. The molecule has 0 bridgehead atoms. The first-order valence-corrected chi connectivity index (χ1v) is 24.2. The molecule has 2 heterocycles. The monoisotopic (exact) mass is 788 g/mol. The van der Waals surface area contributed by atoms with Crippen LogP contribution < -0.4 is 41.2 Å². The molecule has 1 spiro atoms. The smallest absolute Gasteiger partial charge is 0.181 e. The van der Waals surface area contributed by atoms with E-state index in [0.717, 1.165) is 11.4 Å². The number of hydrogen-bond acceptors (Lipinski definition) is 2. The van der Waals surface area contributed by atoms with E-state index in [1.165, 1.54) is 74.0 Å². The summed E-state index contributed by atoms with van der Waals surface area (Å²) in [6.07, 6.45) is 0. The lowest BCUT2D eigenvalue weighted by Crippen LogP contribution is -2.87. The SMILES string of the molecule is c1ccc(-c2ccc(N(c3ccccc3)c3ccc4c(c3)[Si](c3ccccc3)c3ccccc3[Si]43c4ccccc4Sc4ccccc43)cc2-c2ccccc2)cc1. The van der Waals surface area contributed by atoms with Crippen molar-refractivity contribution in [1.29, 1.82) is 0 Å². The van der Waals surface area contributed by atoms with Crippen LogP contribution in [0.15, 0.2) is 240 Å². The van der Waals surface area contributed by atoms with Crippen LogP contribution in [-0.4, -0.2) is 16.9 Å². The molecule has 4 heteroatoms. The van der Waals surface area contributed by atoms with Gasteiger partial charge in [0.1, 0.15) is 0 Å². The van der Waals surface area contributed by atoms with Gasteiger partial charge < -0.3 is 4.90 Å². The summed E-state index contributed by atoms with van der Waals surface area (Å²) in [5.74, 6) is 0. The Kier molecular flexibility index (Phi) is 8.69. The minimum Gasteiger partial charge on any atom is -0.310 e. The summed E-state index contributed by atoms with van der Waals surface area (Å²) in [5.41, 5.74) is 8.29. The van der Waals surface area contributed by atoms with Crippen molar-refractivity contribution in [2.45, 2.75) is 9.79 Å². The Hall–Kier alpha value is -6.44. The number of benzene rings is 9. The molecule has 273 valence electrons. The first kappa shape index (κ1) is 34.8. The van der Waals surface area contributed by atoms with Gasteiger partial charge in [-0.3, -0.25) is 0 Å². The number of nitrogens with zero attached hydrogens (tertiary/aromatic N) is 1. The predicted molar refractivity (Wildman–Crippen MR) is 251 cm³/mol. The maximum atomic E-state index is 2.58. The van der Waals surface area contributed by atoms with E-state index < -0.39 is 16.9 Å². The molecule has 9 aromatic rings. The van der Waals surface area contributed by atoms with Crippen LogP contribution in [0.25, 0.3) is 22.3 Å². The van der Waals surface area contributed by atoms with Crippen molar-refractivity contribution in [2.75, 3.05) is 4.90 Å². The lowest BCUT2D eigenvalue weighted by Gasteiger charge is -2.46. The molecule has 0 fully saturated rings. The van der Waals surface area contributed by atoms with Crippen LogP contribution in [0.2, 0.25) is 0 Å². The zero-order valence-electron chi connectivity index (χ0n) is 31.8. The van der Waals surface area contributed by atoms with Crippen LogP contribution >= 0.6 is 11.8 Å². The highest BCUT2D eigenvalue weighted by Gasteiger charge is 2.53. The first-order valence-electron chi connectivity index (χ1n) is 19.9. The number of para-hydroxylation sites is 1. The fraction of sp³-hybridized carbons (Fsp3) is 0. The van der Waals surface area contributed by atoms with Gasteiger partial charge in [0.05, 0.1) is 0 Å². The largest absolute Gasteiger partial charge is 0.310 e. The van der Waals surface area contributed by atoms with Gasteiger partial charge in [-0.1, -0.05) is 204 Å². The Labute approximate surface area is 347 Å². The topological polar surface area (TPSA) is 3.24 Å². The molecule has 11 rings (SSSR count). The van der Waals surface area contributed by atoms with E-state index in [0.29, 0.717) is 0 Å². The van der Waals surface area contributed by atoms with Crippen LogP contribution in [-0.2, 0) is 0 Å². The molecule has 2 aliphatic rings. The van der Waals surface area contributed by atoms with Crippen molar-refractivity contribution in [2.24, 2.45) is 0 Å². The molecule has 0 aliphatic carbocycles. The second-order valence-corrected chi connectivity index (χ2v) is 22.1. The quantitative estimate of drug-likeness (QED) is 0.155. The standard InChI is InChI=1S/C54H38NSSi2/c1-5-19-39(20-6-1)45-35-33-42(37-46(45)40-21-7-2-8-22-40)55(41-23-9-3-10-24-41)43-34-36-54-50(38-43)57(44-25-11-4-12-26-44)49-29-15-18-32-53(49)58(54)51-30-16-13-27-47(51)56-48-28-14-17-31-52(48)58/h1-38H. The third-order valence-corrected chi connectivity index (χ3v) is 21.7. The molecule has 9 aromatic carbocycles. The maximum Gasteiger partial charge on any atom is 0.181 e. The maximum absolute atomic E-state index is 2.76. The summed E-state index contributed by atoms with van der Waals surface area (Å²) < 4.78 is 0. The summed E-state index contributed by atoms with van der Waals surface area (Å²) >= 11 is 1.93. The van der Waals surface area contributed by atoms with Crippen LogP contribution in [0.3, 0.4) is 0 Å². The Balaban J connectivity index is 1.20. The normalized spacial score (nSPS) is 13.5. The first-order chi connectivity index (χ1) is 28.8. The molecule has 0 aromatic heterocycles. The van der Waals surface area contributed by atoms with Gasteiger partial charge in [-0.2, -0.15) is 0 Å². The summed E-state index contributed by atoms with van der Waals surface area (Å²) in [6.45, 7) is 0. The zero-order valence-corrected chi connectivity index (χ0v) is 34.6. The Bertz CT molecular complexity index is 2890. The van der Waals surface area contributed by atoms with E-state index in [9.17, 15) is 0 Å². The molecule has 2 aliphatic heterocycles. The van der Waals surface area contributed by atoms with E-state index >= 15 is 0 Å². The van der Waals surface area contributed by atoms with Crippen molar-refractivity contribution in [1.82, 2.24) is 0 Å². The van der Waals surface area contributed by atoms with E-state index in [4.69, 9.17) is 0 Å². The molecule has 0 N–H and O–H groups in total.